The number of hydrogen-bond donors (Lipinski definition) is 1. The highest BCUT2D eigenvalue weighted by molar-refractivity contribution is 5.87. The fraction of sp³-hybridized carbons (Fsp3) is 0.600. The van der Waals surface area contributed by atoms with E-state index in [2.05, 4.69) is 18.7 Å². The number of amides is 1. The van der Waals surface area contributed by atoms with Crippen molar-refractivity contribution in [3.8, 4) is 0 Å². The average Bonchev–Trinajstić information content (AvgIpc) is 2.53. The van der Waals surface area contributed by atoms with Gasteiger partial charge >= 0.3 is 12.1 Å². The van der Waals surface area contributed by atoms with Crippen molar-refractivity contribution in [2.75, 3.05) is 19.6 Å². The molecule has 1 atom stereocenters. The van der Waals surface area contributed by atoms with Crippen LogP contribution in [-0.2, 0) is 11.3 Å². The van der Waals surface area contributed by atoms with Gasteiger partial charge in [-0.2, -0.15) is 0 Å². The fourth-order valence-corrected chi connectivity index (χ4v) is 3.16. The molecule has 0 radical (unpaired) electrons. The number of nitrogens with zero attached hydrogens (tertiary/aromatic N) is 2. The highest BCUT2D eigenvalue weighted by Gasteiger charge is 2.33. The van der Waals surface area contributed by atoms with Crippen molar-refractivity contribution in [1.82, 2.24) is 9.80 Å². The number of carbonyl (C=O) groups is 2. The van der Waals surface area contributed by atoms with Crippen LogP contribution in [0.3, 0.4) is 0 Å². The lowest BCUT2D eigenvalue weighted by atomic mass is 9.98. The summed E-state index contributed by atoms with van der Waals surface area (Å²) < 4.78 is 5.51. The number of benzene rings is 1. The highest BCUT2D eigenvalue weighted by Crippen LogP contribution is 2.22. The second kappa shape index (κ2) is 8.08. The molecule has 1 amide bonds. The minimum atomic E-state index is -0.914. The third-order valence-electron chi connectivity index (χ3n) is 4.54. The van der Waals surface area contributed by atoms with Crippen LogP contribution in [0.25, 0.3) is 0 Å². The molecule has 1 heterocycles. The maximum Gasteiger partial charge on any atom is 0.410 e. The van der Waals surface area contributed by atoms with Gasteiger partial charge in [0.25, 0.3) is 0 Å². The molecule has 1 aromatic rings. The number of carboxylic acid groups (broad SMARTS) is 1. The third-order valence-corrected chi connectivity index (χ3v) is 4.54. The first-order valence-corrected chi connectivity index (χ1v) is 9.11. The molecule has 0 bridgehead atoms. The fourth-order valence-electron chi connectivity index (χ4n) is 3.16. The van der Waals surface area contributed by atoms with E-state index >= 15 is 0 Å². The Labute approximate surface area is 155 Å². The van der Waals surface area contributed by atoms with Gasteiger partial charge in [0.2, 0.25) is 0 Å². The minimum Gasteiger partial charge on any atom is -0.478 e. The molecule has 0 aromatic heterocycles. The molecule has 1 aliphatic rings. The highest BCUT2D eigenvalue weighted by atomic mass is 16.6. The van der Waals surface area contributed by atoms with Gasteiger partial charge in [-0.3, -0.25) is 4.90 Å². The Bertz CT molecular complexity index is 634. The largest absolute Gasteiger partial charge is 0.478 e. The Morgan fingerprint density at radius 1 is 1.19 bits per heavy atom. The van der Waals surface area contributed by atoms with Crippen LogP contribution in [0.1, 0.15) is 50.5 Å². The van der Waals surface area contributed by atoms with Crippen molar-refractivity contribution in [2.24, 2.45) is 5.92 Å². The first-order chi connectivity index (χ1) is 12.1. The molecule has 0 saturated carbocycles. The first-order valence-electron chi connectivity index (χ1n) is 9.11. The maximum absolute atomic E-state index is 12.4. The first kappa shape index (κ1) is 20.2. The Kier molecular flexibility index (Phi) is 6.29. The molecule has 1 aromatic carbocycles. The Balaban J connectivity index is 2.04. The summed E-state index contributed by atoms with van der Waals surface area (Å²) in [4.78, 5) is 27.5. The molecule has 2 rings (SSSR count). The topological polar surface area (TPSA) is 70.1 Å². The van der Waals surface area contributed by atoms with Crippen LogP contribution in [0.4, 0.5) is 4.79 Å². The summed E-state index contributed by atoms with van der Waals surface area (Å²) in [5.41, 5.74) is 0.878. The molecule has 6 heteroatoms. The minimum absolute atomic E-state index is 0.232. The summed E-state index contributed by atoms with van der Waals surface area (Å²) in [6, 6.07) is 7.23. The summed E-state index contributed by atoms with van der Waals surface area (Å²) in [7, 11) is 0. The van der Waals surface area contributed by atoms with Gasteiger partial charge in [-0.15, -0.1) is 0 Å². The van der Waals surface area contributed by atoms with E-state index in [0.717, 1.165) is 18.7 Å². The van der Waals surface area contributed by atoms with Crippen molar-refractivity contribution in [3.63, 3.8) is 0 Å². The van der Waals surface area contributed by atoms with Crippen molar-refractivity contribution >= 4 is 12.1 Å². The zero-order chi connectivity index (χ0) is 19.5. The van der Waals surface area contributed by atoms with Crippen LogP contribution in [0.2, 0.25) is 0 Å². The van der Waals surface area contributed by atoms with Crippen LogP contribution in [-0.4, -0.2) is 58.2 Å². The van der Waals surface area contributed by atoms with Crippen molar-refractivity contribution in [3.05, 3.63) is 35.4 Å². The molecule has 1 aliphatic heterocycles. The zero-order valence-electron chi connectivity index (χ0n) is 16.4. The molecule has 144 valence electrons. The molecule has 0 spiro atoms. The van der Waals surface area contributed by atoms with Gasteiger partial charge < -0.3 is 14.7 Å². The molecular weight excluding hydrogens is 332 g/mol. The van der Waals surface area contributed by atoms with Crippen molar-refractivity contribution < 1.29 is 19.4 Å². The van der Waals surface area contributed by atoms with Crippen molar-refractivity contribution in [1.29, 1.82) is 0 Å². The van der Waals surface area contributed by atoms with Crippen LogP contribution in [0.5, 0.6) is 0 Å². The zero-order valence-corrected chi connectivity index (χ0v) is 16.4. The summed E-state index contributed by atoms with van der Waals surface area (Å²) in [6.07, 6.45) is -0.256. The molecule has 1 N–H and O–H groups in total. The predicted octanol–water partition coefficient (Wildman–Crippen LogP) is 3.46. The van der Waals surface area contributed by atoms with Gasteiger partial charge in [-0.05, 0) is 44.4 Å². The van der Waals surface area contributed by atoms with E-state index in [0.29, 0.717) is 24.6 Å². The molecule has 0 aliphatic carbocycles. The van der Waals surface area contributed by atoms with E-state index in [1.54, 1.807) is 17.0 Å². The summed E-state index contributed by atoms with van der Waals surface area (Å²) in [5, 5.41) is 9.01. The molecular formula is C20H30N2O4. The molecule has 6 nitrogen and oxygen atoms in total. The standard InChI is InChI=1S/C20H30N2O4/c1-14(2)17-13-22(19(25)26-20(3,4)5)11-10-21(17)12-15-6-8-16(9-7-15)18(23)24/h6-9,14,17H,10-13H2,1-5H3,(H,23,24). The number of hydrogen-bond acceptors (Lipinski definition) is 4. The van der Waals surface area contributed by atoms with Gasteiger partial charge in [0.1, 0.15) is 5.60 Å². The number of rotatable bonds is 4. The van der Waals surface area contributed by atoms with E-state index in [4.69, 9.17) is 9.84 Å². The van der Waals surface area contributed by atoms with Crippen LogP contribution in [0.15, 0.2) is 24.3 Å². The quantitative estimate of drug-likeness (QED) is 0.888. The lowest BCUT2D eigenvalue weighted by Gasteiger charge is -2.43. The van der Waals surface area contributed by atoms with Gasteiger partial charge in [-0.25, -0.2) is 9.59 Å². The van der Waals surface area contributed by atoms with E-state index in [1.807, 2.05) is 32.9 Å². The van der Waals surface area contributed by atoms with Gasteiger partial charge in [0.05, 0.1) is 5.56 Å². The van der Waals surface area contributed by atoms with Gasteiger partial charge in [0, 0.05) is 32.2 Å². The average molecular weight is 362 g/mol. The lowest BCUT2D eigenvalue weighted by molar-refractivity contribution is -0.00427. The van der Waals surface area contributed by atoms with Crippen LogP contribution in [0, 0.1) is 5.92 Å². The summed E-state index contributed by atoms with van der Waals surface area (Å²) >= 11 is 0. The number of piperazine rings is 1. The number of carbonyl (C=O) groups excluding carboxylic acids is 1. The number of ether oxygens (including phenoxy) is 1. The molecule has 1 unspecified atom stereocenters. The summed E-state index contributed by atoms with van der Waals surface area (Å²) in [5.74, 6) is -0.527. The Morgan fingerprint density at radius 3 is 2.31 bits per heavy atom. The van der Waals surface area contributed by atoms with Crippen LogP contribution < -0.4 is 0 Å². The van der Waals surface area contributed by atoms with E-state index < -0.39 is 11.6 Å². The van der Waals surface area contributed by atoms with Crippen molar-refractivity contribution in [2.45, 2.75) is 52.8 Å². The smallest absolute Gasteiger partial charge is 0.410 e. The monoisotopic (exact) mass is 362 g/mol. The Morgan fingerprint density at radius 2 is 1.81 bits per heavy atom. The van der Waals surface area contributed by atoms with E-state index in [1.165, 1.54) is 0 Å². The predicted molar refractivity (Wildman–Crippen MR) is 100 cm³/mol. The Hall–Kier alpha value is -2.08. The third kappa shape index (κ3) is 5.46. The maximum atomic E-state index is 12.4. The lowest BCUT2D eigenvalue weighted by Crippen LogP contribution is -2.56. The van der Waals surface area contributed by atoms with E-state index in [-0.39, 0.29) is 12.1 Å². The molecule has 26 heavy (non-hydrogen) atoms. The second-order valence-electron chi connectivity index (χ2n) is 8.21. The normalized spacial score (nSPS) is 18.8. The number of aromatic carboxylic acids is 1. The van der Waals surface area contributed by atoms with Gasteiger partial charge in [-0.1, -0.05) is 26.0 Å². The molecule has 1 fully saturated rings. The summed E-state index contributed by atoms with van der Waals surface area (Å²) in [6.45, 7) is 12.7. The SMILES string of the molecule is CC(C)C1CN(C(=O)OC(C)(C)C)CCN1Cc1ccc(C(=O)O)cc1. The molecule has 1 saturated heterocycles. The number of carboxylic acids is 1. The van der Waals surface area contributed by atoms with E-state index in [9.17, 15) is 9.59 Å². The van der Waals surface area contributed by atoms with Gasteiger partial charge in [0.15, 0.2) is 0 Å². The van der Waals surface area contributed by atoms with Crippen LogP contribution >= 0.6 is 0 Å². The second-order valence-corrected chi connectivity index (χ2v) is 8.21.